The standard InChI is InChI=1S/C39H41N5O6.C27H22Cl2N4O/c45-37(41-20-21-48-26-31-10-4-1-5-11-31)25-44(24-30-16-18-35(19-17-30)49-27-32-12-6-2-7-13-32)38(46)36(22-34-23-40-29-42-34)43-39(47)50-28-33-14-8-3-9-15-33;1-32-16-31-15-25(32)27(30,18-6-9-20(28)10-7-18)19-8-11-24-23(13-19)22(14-26(34)33(24)2)17-4-3-5-21(29)12-17/h1-19,23,29,36H,20-22,24-28H2,(H,40,42)(H,41,45)(H,43,47);3-16H,30H2,1-2H3/t36-;/m1./s1. The maximum Gasteiger partial charge on any atom is 0.408 e. The fourth-order valence-electron chi connectivity index (χ4n) is 9.58. The minimum atomic E-state index is -1.05. The summed E-state index contributed by atoms with van der Waals surface area (Å²) in [7, 11) is 3.68. The Bertz CT molecular complexity index is 3830. The van der Waals surface area contributed by atoms with Gasteiger partial charge in [0.25, 0.3) is 5.56 Å². The smallest absolute Gasteiger partial charge is 0.408 e. The van der Waals surface area contributed by atoms with Crippen LogP contribution in [0.4, 0.5) is 4.79 Å². The van der Waals surface area contributed by atoms with Crippen molar-refractivity contribution in [2.75, 3.05) is 19.7 Å². The second-order valence-corrected chi connectivity index (χ2v) is 20.8. The number of nitrogens with one attached hydrogen (secondary N) is 3. The molecule has 16 nitrogen and oxygen atoms in total. The molecule has 0 aliphatic rings. The number of aromatic amines is 1. The lowest BCUT2D eigenvalue weighted by atomic mass is 9.80. The Balaban J connectivity index is 0.000000216. The summed E-state index contributed by atoms with van der Waals surface area (Å²) >= 11 is 12.4. The molecule has 3 heterocycles. The van der Waals surface area contributed by atoms with E-state index in [9.17, 15) is 19.2 Å². The molecule has 10 aromatic rings. The molecule has 0 aliphatic carbocycles. The number of amides is 3. The van der Waals surface area contributed by atoms with E-state index in [1.807, 2.05) is 194 Å². The van der Waals surface area contributed by atoms with E-state index in [0.29, 0.717) is 41.3 Å². The van der Waals surface area contributed by atoms with Crippen LogP contribution in [-0.4, -0.2) is 72.6 Å². The number of alkyl carbamates (subject to hydrolysis) is 1. The van der Waals surface area contributed by atoms with Crippen molar-refractivity contribution in [3.63, 3.8) is 0 Å². The van der Waals surface area contributed by atoms with Gasteiger partial charge in [-0.05, 0) is 93.0 Å². The van der Waals surface area contributed by atoms with Gasteiger partial charge in [-0.1, -0.05) is 157 Å². The summed E-state index contributed by atoms with van der Waals surface area (Å²) in [5, 5.41) is 7.68. The Labute approximate surface area is 496 Å². The highest BCUT2D eigenvalue weighted by atomic mass is 35.5. The van der Waals surface area contributed by atoms with Crippen LogP contribution in [0.15, 0.2) is 218 Å². The minimum Gasteiger partial charge on any atom is -0.489 e. The van der Waals surface area contributed by atoms with Gasteiger partial charge in [-0.2, -0.15) is 0 Å². The Morgan fingerprint density at radius 2 is 1.37 bits per heavy atom. The van der Waals surface area contributed by atoms with Gasteiger partial charge in [0.05, 0.1) is 49.8 Å². The number of fused-ring (bicyclic) bond motifs is 1. The van der Waals surface area contributed by atoms with E-state index in [0.717, 1.165) is 61.1 Å². The van der Waals surface area contributed by atoms with Crippen LogP contribution in [0.3, 0.4) is 0 Å². The molecule has 0 bridgehead atoms. The van der Waals surface area contributed by atoms with E-state index in [-0.39, 0.29) is 44.1 Å². The quantitative estimate of drug-likeness (QED) is 0.0473. The van der Waals surface area contributed by atoms with E-state index in [1.54, 1.807) is 36.4 Å². The van der Waals surface area contributed by atoms with Crippen LogP contribution in [0, 0.1) is 0 Å². The number of ether oxygens (including phenoxy) is 3. The lowest BCUT2D eigenvalue weighted by Gasteiger charge is -2.31. The zero-order chi connectivity index (χ0) is 58.8. The van der Waals surface area contributed by atoms with Gasteiger partial charge in [0, 0.05) is 67.0 Å². The van der Waals surface area contributed by atoms with Crippen molar-refractivity contribution in [1.82, 2.24) is 39.6 Å². The van der Waals surface area contributed by atoms with E-state index in [2.05, 4.69) is 25.6 Å². The maximum absolute atomic E-state index is 14.2. The molecule has 1 unspecified atom stereocenters. The molecule has 10 rings (SSSR count). The molecule has 0 aliphatic heterocycles. The number of hydrogen-bond donors (Lipinski definition) is 4. The third-order valence-electron chi connectivity index (χ3n) is 14.0. The number of hydrogen-bond acceptors (Lipinski definition) is 10. The van der Waals surface area contributed by atoms with E-state index in [1.165, 1.54) is 11.2 Å². The van der Waals surface area contributed by atoms with Crippen molar-refractivity contribution in [3.05, 3.63) is 278 Å². The molecular weight excluding hydrogens is 1100 g/mol. The average molecular weight is 1170 g/mol. The summed E-state index contributed by atoms with van der Waals surface area (Å²) in [5.74, 6) is -0.156. The molecule has 7 aromatic carbocycles. The summed E-state index contributed by atoms with van der Waals surface area (Å²) < 4.78 is 20.6. The molecule has 428 valence electrons. The lowest BCUT2D eigenvalue weighted by molar-refractivity contribution is -0.138. The fourth-order valence-corrected chi connectivity index (χ4v) is 9.89. The average Bonchev–Trinajstić information content (AvgIpc) is 1.86. The number of rotatable bonds is 22. The van der Waals surface area contributed by atoms with Crippen LogP contribution < -0.4 is 26.7 Å². The first-order chi connectivity index (χ1) is 40.8. The number of nitrogens with zero attached hydrogens (tertiary/aromatic N) is 5. The number of benzene rings is 7. The molecule has 0 radical (unpaired) electrons. The first kappa shape index (κ1) is 59.3. The summed E-state index contributed by atoms with van der Waals surface area (Å²) in [5.41, 5.74) is 15.4. The Kier molecular flexibility index (Phi) is 20.2. The van der Waals surface area contributed by atoms with Crippen LogP contribution in [-0.2, 0) is 71.5 Å². The Morgan fingerprint density at radius 1 is 0.702 bits per heavy atom. The number of H-pyrrole nitrogens is 1. The number of imidazole rings is 2. The second-order valence-electron chi connectivity index (χ2n) is 19.9. The summed E-state index contributed by atoms with van der Waals surface area (Å²) in [4.78, 5) is 65.8. The minimum absolute atomic E-state index is 0.0365. The Morgan fingerprint density at radius 3 is 2.01 bits per heavy atom. The molecule has 84 heavy (non-hydrogen) atoms. The van der Waals surface area contributed by atoms with Gasteiger partial charge in [0.2, 0.25) is 11.8 Å². The highest BCUT2D eigenvalue weighted by Gasteiger charge is 2.35. The second kappa shape index (κ2) is 28.6. The molecule has 0 spiro atoms. The number of carbonyl (C=O) groups excluding carboxylic acids is 3. The largest absolute Gasteiger partial charge is 0.489 e. The lowest BCUT2D eigenvalue weighted by Crippen LogP contribution is -2.52. The molecule has 18 heteroatoms. The van der Waals surface area contributed by atoms with Crippen molar-refractivity contribution >= 4 is 52.0 Å². The third-order valence-corrected chi connectivity index (χ3v) is 14.5. The van der Waals surface area contributed by atoms with Gasteiger partial charge in [-0.3, -0.25) is 14.4 Å². The van der Waals surface area contributed by atoms with Crippen LogP contribution in [0.2, 0.25) is 10.0 Å². The third kappa shape index (κ3) is 15.6. The first-order valence-electron chi connectivity index (χ1n) is 27.1. The summed E-state index contributed by atoms with van der Waals surface area (Å²) in [6, 6.07) is 57.8. The SMILES string of the molecule is Cn1cncc1C(N)(c1ccc(Cl)cc1)c1ccc2c(c1)c(-c1cccc(Cl)c1)cc(=O)n2C.O=C(CN(Cc1ccc(OCc2ccccc2)cc1)C(=O)[C@@H](Cc1cnc[nH]1)NC(=O)OCc1ccccc1)NCCOCc1ccccc1. The van der Waals surface area contributed by atoms with Gasteiger partial charge in [0.1, 0.15) is 30.5 Å². The number of aromatic nitrogens is 5. The van der Waals surface area contributed by atoms with Crippen molar-refractivity contribution in [3.8, 4) is 16.9 Å². The van der Waals surface area contributed by atoms with Gasteiger partial charge >= 0.3 is 6.09 Å². The van der Waals surface area contributed by atoms with E-state index in [4.69, 9.17) is 43.1 Å². The highest BCUT2D eigenvalue weighted by Crippen LogP contribution is 2.38. The fraction of sp³-hybridized carbons (Fsp3) is 0.182. The van der Waals surface area contributed by atoms with E-state index >= 15 is 0 Å². The number of nitrogens with two attached hydrogens (primary N) is 1. The van der Waals surface area contributed by atoms with Crippen LogP contribution in [0.25, 0.3) is 22.0 Å². The van der Waals surface area contributed by atoms with Crippen molar-refractivity contribution in [2.45, 2.75) is 44.4 Å². The molecule has 0 saturated heterocycles. The number of pyridine rings is 1. The van der Waals surface area contributed by atoms with Gasteiger partial charge in [-0.15, -0.1) is 0 Å². The van der Waals surface area contributed by atoms with Crippen LogP contribution >= 0.6 is 23.2 Å². The molecule has 5 N–H and O–H groups in total. The zero-order valence-corrected chi connectivity index (χ0v) is 47.9. The topological polar surface area (TPSA) is 201 Å². The van der Waals surface area contributed by atoms with Crippen molar-refractivity contribution in [2.24, 2.45) is 19.8 Å². The summed E-state index contributed by atoms with van der Waals surface area (Å²) in [6.07, 6.45) is 5.94. The molecule has 0 fully saturated rings. The molecule has 3 aromatic heterocycles. The normalized spacial score (nSPS) is 12.1. The predicted octanol–water partition coefficient (Wildman–Crippen LogP) is 10.7. The van der Waals surface area contributed by atoms with Crippen LogP contribution in [0.5, 0.6) is 5.75 Å². The summed E-state index contributed by atoms with van der Waals surface area (Å²) in [6.45, 7) is 1.31. The van der Waals surface area contributed by atoms with Crippen LogP contribution in [0.1, 0.15) is 44.8 Å². The molecule has 2 atom stereocenters. The zero-order valence-electron chi connectivity index (χ0n) is 46.4. The van der Waals surface area contributed by atoms with Crippen molar-refractivity contribution in [1.29, 1.82) is 0 Å². The Hall–Kier alpha value is -9.32. The molecule has 0 saturated carbocycles. The highest BCUT2D eigenvalue weighted by molar-refractivity contribution is 6.31. The van der Waals surface area contributed by atoms with Gasteiger partial charge in [-0.25, -0.2) is 14.8 Å². The van der Waals surface area contributed by atoms with Gasteiger partial charge in [0.15, 0.2) is 0 Å². The molecule has 3 amide bonds. The maximum atomic E-state index is 14.2. The monoisotopic (exact) mass is 1160 g/mol. The number of aryl methyl sites for hydroxylation is 2. The first-order valence-corrected chi connectivity index (χ1v) is 27.9. The van der Waals surface area contributed by atoms with E-state index < -0.39 is 23.6 Å². The molecular formula is C66H63Cl2N9O7. The van der Waals surface area contributed by atoms with Gasteiger partial charge < -0.3 is 49.6 Å². The number of carbonyl (C=O) groups is 3. The predicted molar refractivity (Wildman–Crippen MR) is 326 cm³/mol. The number of halogens is 2. The van der Waals surface area contributed by atoms with Crippen molar-refractivity contribution < 1.29 is 28.6 Å².